The van der Waals surface area contributed by atoms with Gasteiger partial charge >= 0.3 is 6.09 Å². The molecule has 1 aliphatic carbocycles. The molecule has 0 radical (unpaired) electrons. The van der Waals surface area contributed by atoms with E-state index in [-0.39, 0.29) is 12.6 Å². The van der Waals surface area contributed by atoms with Gasteiger partial charge in [-0.1, -0.05) is 6.08 Å². The van der Waals surface area contributed by atoms with Crippen molar-refractivity contribution in [2.24, 2.45) is 5.73 Å². The molecule has 2 aromatic heterocycles. The van der Waals surface area contributed by atoms with Gasteiger partial charge in [0.15, 0.2) is 5.82 Å². The van der Waals surface area contributed by atoms with Gasteiger partial charge < -0.3 is 20.7 Å². The molecule has 3 aliphatic rings. The zero-order valence-corrected chi connectivity index (χ0v) is 19.3. The molecule has 10 nitrogen and oxygen atoms in total. The van der Waals surface area contributed by atoms with E-state index in [4.69, 9.17) is 20.4 Å². The summed E-state index contributed by atoms with van der Waals surface area (Å²) in [6.45, 7) is 3.32. The highest BCUT2D eigenvalue weighted by Gasteiger charge is 2.29. The van der Waals surface area contributed by atoms with Crippen LogP contribution in [0.1, 0.15) is 49.2 Å². The van der Waals surface area contributed by atoms with Crippen LogP contribution >= 0.6 is 0 Å². The summed E-state index contributed by atoms with van der Waals surface area (Å²) in [7, 11) is -1.15. The number of primary amides is 1. The molecule has 33 heavy (non-hydrogen) atoms. The van der Waals surface area contributed by atoms with Gasteiger partial charge in [-0.3, -0.25) is 4.21 Å². The number of aromatic nitrogens is 4. The lowest BCUT2D eigenvalue weighted by atomic mass is 10.1. The molecule has 4 heterocycles. The van der Waals surface area contributed by atoms with Crippen LogP contribution in [0.3, 0.4) is 0 Å². The molecule has 2 aliphatic heterocycles. The summed E-state index contributed by atoms with van der Waals surface area (Å²) >= 11 is 0. The van der Waals surface area contributed by atoms with Crippen molar-refractivity contribution in [2.75, 3.05) is 35.7 Å². The third-order valence-electron chi connectivity index (χ3n) is 6.03. The molecule has 3 N–H and O–H groups in total. The minimum atomic E-state index is -1.15. The Bertz CT molecular complexity index is 1120. The maximum Gasteiger partial charge on any atom is 0.404 e. The summed E-state index contributed by atoms with van der Waals surface area (Å²) in [5, 5.41) is 3.22. The van der Waals surface area contributed by atoms with Gasteiger partial charge in [-0.15, -0.1) is 0 Å². The Morgan fingerprint density at radius 1 is 1.30 bits per heavy atom. The van der Waals surface area contributed by atoms with Crippen LogP contribution < -0.4 is 16.0 Å². The number of aryl methyl sites for hydroxylation is 1. The second kappa shape index (κ2) is 9.05. The Kier molecular flexibility index (Phi) is 5.96. The van der Waals surface area contributed by atoms with Gasteiger partial charge in [-0.25, -0.2) is 19.7 Å². The van der Waals surface area contributed by atoms with Crippen molar-refractivity contribution in [3.05, 3.63) is 35.6 Å². The molecule has 2 aromatic rings. The number of ether oxygens (including phenoxy) is 1. The molecule has 2 atom stereocenters. The summed E-state index contributed by atoms with van der Waals surface area (Å²) in [4.78, 5) is 32.2. The number of carbonyl (C=O) groups is 1. The van der Waals surface area contributed by atoms with Crippen LogP contribution in [-0.4, -0.2) is 61.7 Å². The molecule has 0 bridgehead atoms. The van der Waals surface area contributed by atoms with E-state index in [2.05, 4.69) is 26.3 Å². The van der Waals surface area contributed by atoms with E-state index >= 15 is 0 Å². The Morgan fingerprint density at radius 3 is 2.76 bits per heavy atom. The van der Waals surface area contributed by atoms with E-state index in [1.807, 2.05) is 19.3 Å². The van der Waals surface area contributed by atoms with Gasteiger partial charge in [-0.2, -0.15) is 4.98 Å². The quantitative estimate of drug-likeness (QED) is 0.624. The van der Waals surface area contributed by atoms with E-state index in [0.29, 0.717) is 41.3 Å². The maximum atomic E-state index is 12.5. The molecule has 0 saturated heterocycles. The van der Waals surface area contributed by atoms with Gasteiger partial charge in [0.1, 0.15) is 17.3 Å². The van der Waals surface area contributed by atoms with Crippen molar-refractivity contribution in [3.63, 3.8) is 0 Å². The predicted molar refractivity (Wildman–Crippen MR) is 124 cm³/mol. The second-order valence-electron chi connectivity index (χ2n) is 8.66. The van der Waals surface area contributed by atoms with E-state index in [0.717, 1.165) is 30.1 Å². The lowest BCUT2D eigenvalue weighted by molar-refractivity contribution is 0.153. The Balaban J connectivity index is 1.33. The van der Waals surface area contributed by atoms with E-state index in [1.54, 1.807) is 0 Å². The fourth-order valence-corrected chi connectivity index (χ4v) is 5.40. The Morgan fingerprint density at radius 2 is 2.09 bits per heavy atom. The minimum absolute atomic E-state index is 0.0887. The van der Waals surface area contributed by atoms with Crippen LogP contribution in [0.4, 0.5) is 16.6 Å². The van der Waals surface area contributed by atoms with Crippen LogP contribution in [0.2, 0.25) is 0 Å². The topological polar surface area (TPSA) is 136 Å². The molecular formula is C22H27N7O3S. The summed E-state index contributed by atoms with van der Waals surface area (Å²) in [6, 6.07) is -0.245. The Hall–Kier alpha value is -3.08. The molecule has 174 valence electrons. The summed E-state index contributed by atoms with van der Waals surface area (Å²) < 4.78 is 17.4. The highest BCUT2D eigenvalue weighted by Crippen LogP contribution is 2.39. The van der Waals surface area contributed by atoms with Gasteiger partial charge in [-0.05, 0) is 43.2 Å². The number of anilines is 2. The molecule has 5 rings (SSSR count). The average Bonchev–Trinajstić information content (AvgIpc) is 3.60. The lowest BCUT2D eigenvalue weighted by Crippen LogP contribution is -2.31. The monoisotopic (exact) mass is 469 g/mol. The molecule has 1 saturated carbocycles. The first kappa shape index (κ1) is 21.7. The molecular weight excluding hydrogens is 442 g/mol. The molecule has 11 heteroatoms. The normalized spacial score (nSPS) is 20.7. The first-order chi connectivity index (χ1) is 16.0. The van der Waals surface area contributed by atoms with Crippen molar-refractivity contribution in [2.45, 2.75) is 49.5 Å². The molecule has 0 unspecified atom stereocenters. The predicted octanol–water partition coefficient (Wildman–Crippen LogP) is 2.00. The fourth-order valence-electron chi connectivity index (χ4n) is 4.09. The molecule has 0 spiro atoms. The van der Waals surface area contributed by atoms with Crippen LogP contribution in [-0.2, 0) is 22.0 Å². The largest absolute Gasteiger partial charge is 0.448 e. The Labute approximate surface area is 194 Å². The standard InChI is InChI=1S/C22H27N7O3S/c1-13(12-32-21(23)30)26-20-18-17(6-9-33(18)31)27-22(28-20)29-7-4-15(5-8-29)19-24-10-16(11-25-19)14-2-3-14/h4,10-11,13-14H,2-3,5-9,12H2,1H3,(H2,23,30)(H,26,27,28)/t13-,33-/m1/s1. The van der Waals surface area contributed by atoms with E-state index in [1.165, 1.54) is 18.4 Å². The highest BCUT2D eigenvalue weighted by molar-refractivity contribution is 7.85. The number of hydrogen-bond acceptors (Lipinski definition) is 9. The summed E-state index contributed by atoms with van der Waals surface area (Å²) in [5.41, 5.74) is 8.23. The number of nitrogens with two attached hydrogens (primary N) is 1. The summed E-state index contributed by atoms with van der Waals surface area (Å²) in [6.07, 6.45) is 9.12. The first-order valence-electron chi connectivity index (χ1n) is 11.2. The average molecular weight is 470 g/mol. The SMILES string of the molecule is C[C@H](COC(N)=O)Nc1nc(N2CC=C(c3ncc(C4CC4)cn3)CC2)nc2c1[S@](=O)CC2. The highest BCUT2D eigenvalue weighted by atomic mass is 32.2. The lowest BCUT2D eigenvalue weighted by Gasteiger charge is -2.27. The van der Waals surface area contributed by atoms with Crippen LogP contribution in [0.5, 0.6) is 0 Å². The number of fused-ring (bicyclic) bond motifs is 1. The number of nitrogens with zero attached hydrogens (tertiary/aromatic N) is 5. The van der Waals surface area contributed by atoms with Crippen molar-refractivity contribution in [1.82, 2.24) is 19.9 Å². The number of amides is 1. The zero-order chi connectivity index (χ0) is 22.9. The van der Waals surface area contributed by atoms with Crippen LogP contribution in [0.25, 0.3) is 5.57 Å². The third kappa shape index (κ3) is 4.82. The first-order valence-corrected chi connectivity index (χ1v) is 12.5. The third-order valence-corrected chi connectivity index (χ3v) is 7.49. The van der Waals surface area contributed by atoms with Crippen molar-refractivity contribution < 1.29 is 13.7 Å². The molecule has 1 fully saturated rings. The van der Waals surface area contributed by atoms with Gasteiger partial charge in [0.05, 0.1) is 22.5 Å². The van der Waals surface area contributed by atoms with Gasteiger partial charge in [0, 0.05) is 37.7 Å². The second-order valence-corrected chi connectivity index (χ2v) is 10.2. The number of rotatable bonds is 7. The van der Waals surface area contributed by atoms with E-state index in [9.17, 15) is 9.00 Å². The van der Waals surface area contributed by atoms with Crippen molar-refractivity contribution >= 4 is 34.2 Å². The van der Waals surface area contributed by atoms with Gasteiger partial charge in [0.25, 0.3) is 0 Å². The zero-order valence-electron chi connectivity index (χ0n) is 18.5. The smallest absolute Gasteiger partial charge is 0.404 e. The van der Waals surface area contributed by atoms with Crippen LogP contribution in [0, 0.1) is 0 Å². The fraction of sp³-hybridized carbons (Fsp3) is 0.500. The summed E-state index contributed by atoms with van der Waals surface area (Å²) in [5.74, 6) is 3.09. The maximum absolute atomic E-state index is 12.5. The number of carbonyl (C=O) groups excluding carboxylic acids is 1. The number of nitrogens with one attached hydrogen (secondary N) is 1. The van der Waals surface area contributed by atoms with Crippen LogP contribution in [0.15, 0.2) is 23.4 Å². The number of hydrogen-bond donors (Lipinski definition) is 2. The minimum Gasteiger partial charge on any atom is -0.448 e. The van der Waals surface area contributed by atoms with Crippen molar-refractivity contribution in [3.8, 4) is 0 Å². The van der Waals surface area contributed by atoms with Crippen molar-refractivity contribution in [1.29, 1.82) is 0 Å². The van der Waals surface area contributed by atoms with E-state index < -0.39 is 16.9 Å². The van der Waals surface area contributed by atoms with Gasteiger partial charge in [0.2, 0.25) is 5.95 Å². The molecule has 0 aromatic carbocycles. The molecule has 1 amide bonds.